The van der Waals surface area contributed by atoms with Gasteiger partial charge in [-0.1, -0.05) is 41.9 Å². The van der Waals surface area contributed by atoms with Gasteiger partial charge in [-0.2, -0.15) is 0 Å². The molecule has 7 heteroatoms. The zero-order chi connectivity index (χ0) is 19.8. The van der Waals surface area contributed by atoms with Crippen molar-refractivity contribution in [3.63, 3.8) is 0 Å². The molecule has 1 saturated heterocycles. The molecule has 0 atom stereocenters. The molecule has 0 radical (unpaired) electrons. The summed E-state index contributed by atoms with van der Waals surface area (Å²) in [6.45, 7) is 5.34. The van der Waals surface area contributed by atoms with Crippen molar-refractivity contribution in [3.8, 4) is 0 Å². The van der Waals surface area contributed by atoms with E-state index in [0.717, 1.165) is 49.7 Å². The smallest absolute Gasteiger partial charge is 0.211 e. The number of nitrogens with zero attached hydrogens (tertiary/aromatic N) is 2. The fourth-order valence-corrected chi connectivity index (χ4v) is 4.61. The minimum absolute atomic E-state index is 0.136. The molecular weight excluding hydrogens is 394 g/mol. The van der Waals surface area contributed by atoms with Crippen molar-refractivity contribution < 1.29 is 8.42 Å². The highest BCUT2D eigenvalue weighted by molar-refractivity contribution is 7.89. The highest BCUT2D eigenvalue weighted by atomic mass is 35.5. The van der Waals surface area contributed by atoms with Crippen molar-refractivity contribution in [1.82, 2.24) is 9.62 Å². The topological polar surface area (TPSA) is 52.7 Å². The Balaban J connectivity index is 1.32. The second-order valence-electron chi connectivity index (χ2n) is 7.11. The van der Waals surface area contributed by atoms with E-state index in [2.05, 4.69) is 26.7 Å². The van der Waals surface area contributed by atoms with Gasteiger partial charge in [-0.25, -0.2) is 13.1 Å². The molecule has 3 rings (SSSR count). The molecule has 1 aliphatic heterocycles. The second-order valence-corrected chi connectivity index (χ2v) is 9.47. The Morgan fingerprint density at radius 1 is 0.929 bits per heavy atom. The number of nitrogens with one attached hydrogen (secondary N) is 1. The first-order valence-electron chi connectivity index (χ1n) is 9.76. The number of rotatable bonds is 9. The van der Waals surface area contributed by atoms with E-state index in [9.17, 15) is 8.42 Å². The Bertz CT molecular complexity index is 820. The van der Waals surface area contributed by atoms with Crippen LogP contribution in [0.15, 0.2) is 54.6 Å². The SMILES string of the molecule is O=S(=O)(CCc1ccccc1)NCCCN1CCN(c2ccc(Cl)cc2)CC1. The molecule has 1 heterocycles. The third-order valence-electron chi connectivity index (χ3n) is 5.04. The summed E-state index contributed by atoms with van der Waals surface area (Å²) in [5.74, 6) is 0.136. The van der Waals surface area contributed by atoms with Crippen LogP contribution < -0.4 is 9.62 Å². The van der Waals surface area contributed by atoms with Crippen LogP contribution in [0.1, 0.15) is 12.0 Å². The van der Waals surface area contributed by atoms with Crippen molar-refractivity contribution in [2.45, 2.75) is 12.8 Å². The third kappa shape index (κ3) is 6.78. The maximum atomic E-state index is 12.1. The zero-order valence-corrected chi connectivity index (χ0v) is 17.6. The minimum atomic E-state index is -3.22. The van der Waals surface area contributed by atoms with Gasteiger partial charge in [0.05, 0.1) is 5.75 Å². The van der Waals surface area contributed by atoms with E-state index in [-0.39, 0.29) is 5.75 Å². The van der Waals surface area contributed by atoms with Crippen LogP contribution in [0.25, 0.3) is 0 Å². The van der Waals surface area contributed by atoms with Gasteiger partial charge in [0.25, 0.3) is 0 Å². The van der Waals surface area contributed by atoms with Crippen molar-refractivity contribution in [1.29, 1.82) is 0 Å². The van der Waals surface area contributed by atoms with Gasteiger partial charge in [-0.05, 0) is 49.2 Å². The number of aryl methyl sites for hydroxylation is 1. The largest absolute Gasteiger partial charge is 0.369 e. The van der Waals surface area contributed by atoms with Gasteiger partial charge >= 0.3 is 0 Å². The Labute approximate surface area is 173 Å². The Morgan fingerprint density at radius 3 is 2.29 bits per heavy atom. The molecule has 0 saturated carbocycles. The lowest BCUT2D eigenvalue weighted by Crippen LogP contribution is -2.47. The molecular formula is C21H28ClN3O2S. The van der Waals surface area contributed by atoms with Crippen molar-refractivity contribution in [3.05, 3.63) is 65.2 Å². The monoisotopic (exact) mass is 421 g/mol. The van der Waals surface area contributed by atoms with Crippen LogP contribution in [0.3, 0.4) is 0 Å². The molecule has 0 bridgehead atoms. The molecule has 1 fully saturated rings. The van der Waals surface area contributed by atoms with E-state index in [4.69, 9.17) is 11.6 Å². The first-order valence-corrected chi connectivity index (χ1v) is 11.8. The maximum absolute atomic E-state index is 12.1. The van der Waals surface area contributed by atoms with E-state index >= 15 is 0 Å². The summed E-state index contributed by atoms with van der Waals surface area (Å²) in [4.78, 5) is 4.75. The predicted octanol–water partition coefficient (Wildman–Crippen LogP) is 3.01. The predicted molar refractivity (Wildman–Crippen MR) is 117 cm³/mol. The molecule has 0 unspecified atom stereocenters. The average molecular weight is 422 g/mol. The van der Waals surface area contributed by atoms with Gasteiger partial charge < -0.3 is 4.90 Å². The first-order chi connectivity index (χ1) is 13.5. The van der Waals surface area contributed by atoms with Crippen molar-refractivity contribution in [2.75, 3.05) is 49.9 Å². The fourth-order valence-electron chi connectivity index (χ4n) is 3.38. The zero-order valence-electron chi connectivity index (χ0n) is 16.1. The number of hydrogen-bond donors (Lipinski definition) is 1. The number of piperazine rings is 1. The van der Waals surface area contributed by atoms with Crippen LogP contribution in [0.2, 0.25) is 5.02 Å². The van der Waals surface area contributed by atoms with Gasteiger partial charge in [0.1, 0.15) is 0 Å². The summed E-state index contributed by atoms with van der Waals surface area (Å²) in [5.41, 5.74) is 2.25. The normalized spacial score (nSPS) is 15.7. The molecule has 0 aliphatic carbocycles. The number of benzene rings is 2. The molecule has 0 spiro atoms. The van der Waals surface area contributed by atoms with E-state index in [1.807, 2.05) is 42.5 Å². The highest BCUT2D eigenvalue weighted by Gasteiger charge is 2.17. The lowest BCUT2D eigenvalue weighted by molar-refractivity contribution is 0.255. The van der Waals surface area contributed by atoms with Crippen LogP contribution in [-0.2, 0) is 16.4 Å². The lowest BCUT2D eigenvalue weighted by atomic mass is 10.2. The molecule has 2 aromatic carbocycles. The van der Waals surface area contributed by atoms with Crippen LogP contribution in [-0.4, -0.2) is 58.3 Å². The van der Waals surface area contributed by atoms with Crippen LogP contribution >= 0.6 is 11.6 Å². The minimum Gasteiger partial charge on any atom is -0.369 e. The Hall–Kier alpha value is -1.60. The molecule has 152 valence electrons. The molecule has 0 amide bonds. The van der Waals surface area contributed by atoms with Crippen molar-refractivity contribution >= 4 is 27.3 Å². The van der Waals surface area contributed by atoms with Crippen LogP contribution in [0, 0.1) is 0 Å². The Morgan fingerprint density at radius 2 is 1.61 bits per heavy atom. The number of sulfonamides is 1. The summed E-state index contributed by atoms with van der Waals surface area (Å²) in [6, 6.07) is 17.7. The molecule has 2 aromatic rings. The molecule has 1 N–H and O–H groups in total. The standard InChI is InChI=1S/C21H28ClN3O2S/c22-20-7-9-21(10-8-20)25-16-14-24(15-17-25)13-4-12-23-28(26,27)18-11-19-5-2-1-3-6-19/h1-3,5-10,23H,4,11-18H2. The summed E-state index contributed by atoms with van der Waals surface area (Å²) in [5, 5.41) is 0.758. The quantitative estimate of drug-likeness (QED) is 0.632. The summed E-state index contributed by atoms with van der Waals surface area (Å²) in [6.07, 6.45) is 1.37. The highest BCUT2D eigenvalue weighted by Crippen LogP contribution is 2.19. The number of hydrogen-bond acceptors (Lipinski definition) is 4. The van der Waals surface area contributed by atoms with Crippen molar-refractivity contribution in [2.24, 2.45) is 0 Å². The number of halogens is 1. The van der Waals surface area contributed by atoms with Crippen LogP contribution in [0.5, 0.6) is 0 Å². The van der Waals surface area contributed by atoms with E-state index < -0.39 is 10.0 Å². The third-order valence-corrected chi connectivity index (χ3v) is 6.68. The van der Waals surface area contributed by atoms with Crippen LogP contribution in [0.4, 0.5) is 5.69 Å². The summed E-state index contributed by atoms with van der Waals surface area (Å²) in [7, 11) is -3.22. The van der Waals surface area contributed by atoms with E-state index in [0.29, 0.717) is 13.0 Å². The second kappa shape index (κ2) is 10.3. The summed E-state index contributed by atoms with van der Waals surface area (Å²) >= 11 is 5.95. The van der Waals surface area contributed by atoms with E-state index in [1.54, 1.807) is 0 Å². The van der Waals surface area contributed by atoms with Gasteiger partial charge in [0.15, 0.2) is 0 Å². The van der Waals surface area contributed by atoms with Gasteiger partial charge in [-0.15, -0.1) is 0 Å². The molecule has 28 heavy (non-hydrogen) atoms. The van der Waals surface area contributed by atoms with E-state index in [1.165, 1.54) is 5.69 Å². The van der Waals surface area contributed by atoms with Gasteiger partial charge in [-0.3, -0.25) is 4.90 Å². The molecule has 1 aliphatic rings. The Kier molecular flexibility index (Phi) is 7.73. The fraction of sp³-hybridized carbons (Fsp3) is 0.429. The molecule has 5 nitrogen and oxygen atoms in total. The first kappa shape index (κ1) is 21.1. The summed E-state index contributed by atoms with van der Waals surface area (Å²) < 4.78 is 27.0. The average Bonchev–Trinajstić information content (AvgIpc) is 2.72. The van der Waals surface area contributed by atoms with Gasteiger partial charge in [0, 0.05) is 43.4 Å². The lowest BCUT2D eigenvalue weighted by Gasteiger charge is -2.36. The number of anilines is 1. The molecule has 0 aromatic heterocycles. The van der Waals surface area contributed by atoms with Gasteiger partial charge in [0.2, 0.25) is 10.0 Å². The maximum Gasteiger partial charge on any atom is 0.211 e.